The molecular formula is C51H35N5. The van der Waals surface area contributed by atoms with E-state index in [9.17, 15) is 0 Å². The van der Waals surface area contributed by atoms with Crippen LogP contribution in [0.5, 0.6) is 0 Å². The summed E-state index contributed by atoms with van der Waals surface area (Å²) < 4.78 is 2.37. The molecule has 2 aromatic heterocycles. The number of aromatic nitrogens is 4. The highest BCUT2D eigenvalue weighted by atomic mass is 15.2. The lowest BCUT2D eigenvalue weighted by Crippen LogP contribution is -2.29. The summed E-state index contributed by atoms with van der Waals surface area (Å²) in [5.74, 6) is 2.02. The number of anilines is 2. The Morgan fingerprint density at radius 1 is 0.446 bits per heavy atom. The van der Waals surface area contributed by atoms with Gasteiger partial charge in [-0.25, -0.2) is 15.0 Å². The van der Waals surface area contributed by atoms with Crippen molar-refractivity contribution in [3.63, 3.8) is 0 Å². The van der Waals surface area contributed by atoms with Gasteiger partial charge in [0, 0.05) is 50.4 Å². The van der Waals surface area contributed by atoms with Crippen molar-refractivity contribution < 1.29 is 0 Å². The lowest BCUT2D eigenvalue weighted by atomic mass is 9.84. The van der Waals surface area contributed by atoms with Crippen molar-refractivity contribution >= 4 is 38.8 Å². The minimum atomic E-state index is 0.0416. The van der Waals surface area contributed by atoms with Gasteiger partial charge in [0.1, 0.15) is 0 Å². The van der Waals surface area contributed by atoms with Crippen LogP contribution in [0, 0.1) is 0 Å². The molecule has 264 valence electrons. The van der Waals surface area contributed by atoms with Crippen molar-refractivity contribution in [2.24, 2.45) is 0 Å². The standard InChI is InChI=1S/C51H35N5/c1-5-16-34(17-6-1)37-28-30-46-43(32-37)48-41(51-53-49(35-18-7-2-8-19-35)52-50(54-51)36-20-9-3-10-21-36)25-15-27-47(48)56(46)39-29-31-45-42(33-39)40-24-13-14-26-44(40)55(45)38-22-11-4-12-23-38/h1-33,43,46H. The maximum Gasteiger partial charge on any atom is 0.164 e. The summed E-state index contributed by atoms with van der Waals surface area (Å²) >= 11 is 0. The third kappa shape index (κ3) is 5.28. The second-order valence-corrected chi connectivity index (χ2v) is 14.4. The Morgan fingerprint density at radius 2 is 1.04 bits per heavy atom. The van der Waals surface area contributed by atoms with Gasteiger partial charge in [0.05, 0.1) is 17.1 Å². The quantitative estimate of drug-likeness (QED) is 0.172. The molecule has 0 fully saturated rings. The number of nitrogens with zero attached hydrogens (tertiary/aromatic N) is 5. The molecule has 0 saturated heterocycles. The monoisotopic (exact) mass is 717 g/mol. The number of fused-ring (bicyclic) bond motifs is 6. The van der Waals surface area contributed by atoms with Crippen molar-refractivity contribution in [1.29, 1.82) is 0 Å². The minimum Gasteiger partial charge on any atom is -0.333 e. The van der Waals surface area contributed by atoms with Gasteiger partial charge in [0.15, 0.2) is 17.5 Å². The Morgan fingerprint density at radius 3 is 1.73 bits per heavy atom. The molecule has 0 saturated carbocycles. The van der Waals surface area contributed by atoms with Gasteiger partial charge in [0.2, 0.25) is 0 Å². The van der Waals surface area contributed by atoms with Crippen molar-refractivity contribution in [3.05, 3.63) is 211 Å². The first-order chi connectivity index (χ1) is 27.8. The molecule has 0 spiro atoms. The Labute approximate surface area is 325 Å². The molecule has 0 radical (unpaired) electrons. The average Bonchev–Trinajstić information content (AvgIpc) is 3.79. The molecule has 2 aliphatic rings. The second-order valence-electron chi connectivity index (χ2n) is 14.4. The molecule has 0 bridgehead atoms. The van der Waals surface area contributed by atoms with Crippen molar-refractivity contribution in [2.75, 3.05) is 4.90 Å². The fourth-order valence-electron chi connectivity index (χ4n) is 8.67. The van der Waals surface area contributed by atoms with Gasteiger partial charge in [0.25, 0.3) is 0 Å². The maximum atomic E-state index is 5.21. The van der Waals surface area contributed by atoms with E-state index in [-0.39, 0.29) is 12.0 Å². The normalized spacial score (nSPS) is 15.9. The van der Waals surface area contributed by atoms with Gasteiger partial charge in [-0.2, -0.15) is 0 Å². The molecule has 11 rings (SSSR count). The molecule has 2 unspecified atom stereocenters. The van der Waals surface area contributed by atoms with Crippen LogP contribution in [0.3, 0.4) is 0 Å². The molecule has 56 heavy (non-hydrogen) atoms. The van der Waals surface area contributed by atoms with Crippen LogP contribution in [0.4, 0.5) is 11.4 Å². The summed E-state index contributed by atoms with van der Waals surface area (Å²) in [5.41, 5.74) is 12.4. The van der Waals surface area contributed by atoms with Crippen molar-refractivity contribution in [2.45, 2.75) is 12.0 Å². The van der Waals surface area contributed by atoms with E-state index in [0.29, 0.717) is 17.5 Å². The highest BCUT2D eigenvalue weighted by molar-refractivity contribution is 6.10. The van der Waals surface area contributed by atoms with Crippen LogP contribution in [0.25, 0.3) is 67.2 Å². The highest BCUT2D eigenvalue weighted by Crippen LogP contribution is 2.53. The molecule has 9 aromatic rings. The number of rotatable bonds is 6. The van der Waals surface area contributed by atoms with Gasteiger partial charge < -0.3 is 9.47 Å². The molecule has 0 amide bonds. The van der Waals surface area contributed by atoms with Gasteiger partial charge >= 0.3 is 0 Å². The van der Waals surface area contributed by atoms with Gasteiger partial charge in [-0.3, -0.25) is 0 Å². The van der Waals surface area contributed by atoms with Crippen LogP contribution < -0.4 is 4.90 Å². The smallest absolute Gasteiger partial charge is 0.164 e. The maximum absolute atomic E-state index is 5.21. The Bertz CT molecular complexity index is 2910. The summed E-state index contributed by atoms with van der Waals surface area (Å²) in [7, 11) is 0. The van der Waals surface area contributed by atoms with E-state index in [2.05, 4.69) is 173 Å². The second kappa shape index (κ2) is 13.2. The van der Waals surface area contributed by atoms with E-state index in [1.54, 1.807) is 0 Å². The Balaban J connectivity index is 1.13. The first-order valence-electron chi connectivity index (χ1n) is 19.1. The zero-order valence-electron chi connectivity index (χ0n) is 30.4. The molecule has 5 heteroatoms. The molecule has 2 atom stereocenters. The lowest BCUT2D eigenvalue weighted by molar-refractivity contribution is 0.747. The van der Waals surface area contributed by atoms with E-state index in [0.717, 1.165) is 33.8 Å². The van der Waals surface area contributed by atoms with E-state index in [4.69, 9.17) is 15.0 Å². The molecular weight excluding hydrogens is 683 g/mol. The van der Waals surface area contributed by atoms with Crippen LogP contribution >= 0.6 is 0 Å². The SMILES string of the molecule is C1=CC2C(C=C1c1ccccc1)c1c(-c3nc(-c4ccccc4)nc(-c4ccccc4)n3)cccc1N2c1ccc2c(c1)c1ccccc1n2-c1ccccc1. The molecule has 0 N–H and O–H groups in total. The predicted octanol–water partition coefficient (Wildman–Crippen LogP) is 12.2. The molecule has 3 heterocycles. The van der Waals surface area contributed by atoms with Crippen LogP contribution in [-0.2, 0) is 0 Å². The van der Waals surface area contributed by atoms with Gasteiger partial charge in [-0.1, -0.05) is 158 Å². The Kier molecular flexibility index (Phi) is 7.56. The number of para-hydroxylation sites is 2. The topological polar surface area (TPSA) is 46.8 Å². The van der Waals surface area contributed by atoms with Crippen LogP contribution in [-0.4, -0.2) is 25.6 Å². The summed E-state index contributed by atoms with van der Waals surface area (Å²) in [5, 5.41) is 2.45. The fourth-order valence-corrected chi connectivity index (χ4v) is 8.67. The largest absolute Gasteiger partial charge is 0.333 e. The summed E-state index contributed by atoms with van der Waals surface area (Å²) in [6, 6.07) is 64.0. The predicted molar refractivity (Wildman–Crippen MR) is 229 cm³/mol. The van der Waals surface area contributed by atoms with Gasteiger partial charge in [-0.05, 0) is 59.2 Å². The zero-order valence-corrected chi connectivity index (χ0v) is 30.4. The van der Waals surface area contributed by atoms with Crippen LogP contribution in [0.2, 0.25) is 0 Å². The minimum absolute atomic E-state index is 0.0416. The highest BCUT2D eigenvalue weighted by Gasteiger charge is 2.41. The first kappa shape index (κ1) is 32.1. The van der Waals surface area contributed by atoms with Crippen LogP contribution in [0.15, 0.2) is 200 Å². The molecule has 1 aliphatic carbocycles. The molecule has 7 aromatic carbocycles. The van der Waals surface area contributed by atoms with Gasteiger partial charge in [-0.15, -0.1) is 0 Å². The Hall–Kier alpha value is -7.37. The third-order valence-corrected chi connectivity index (χ3v) is 11.2. The van der Waals surface area contributed by atoms with E-state index in [1.807, 2.05) is 36.4 Å². The van der Waals surface area contributed by atoms with E-state index < -0.39 is 0 Å². The zero-order chi connectivity index (χ0) is 37.0. The number of allylic oxidation sites excluding steroid dienone is 2. The number of hydrogen-bond donors (Lipinski definition) is 0. The third-order valence-electron chi connectivity index (χ3n) is 11.2. The summed E-state index contributed by atoms with van der Waals surface area (Å²) in [6.45, 7) is 0. The fraction of sp³-hybridized carbons (Fsp3) is 0.0392. The summed E-state index contributed by atoms with van der Waals surface area (Å²) in [6.07, 6.45) is 7.12. The number of hydrogen-bond acceptors (Lipinski definition) is 4. The molecule has 1 aliphatic heterocycles. The van der Waals surface area contributed by atoms with Crippen molar-refractivity contribution in [1.82, 2.24) is 19.5 Å². The number of benzene rings is 7. The first-order valence-corrected chi connectivity index (χ1v) is 19.1. The summed E-state index contributed by atoms with van der Waals surface area (Å²) in [4.78, 5) is 18.0. The van der Waals surface area contributed by atoms with E-state index in [1.165, 1.54) is 38.5 Å². The van der Waals surface area contributed by atoms with Crippen LogP contribution in [0.1, 0.15) is 17.0 Å². The lowest BCUT2D eigenvalue weighted by Gasteiger charge is -2.30. The average molecular weight is 718 g/mol. The molecule has 5 nitrogen and oxygen atoms in total. The van der Waals surface area contributed by atoms with Crippen molar-refractivity contribution in [3.8, 4) is 39.9 Å². The van der Waals surface area contributed by atoms with E-state index >= 15 is 0 Å².